The molecular weight excluding hydrogens is 292 g/mol. The van der Waals surface area contributed by atoms with Crippen LogP contribution in [-0.2, 0) is 11.3 Å². The van der Waals surface area contributed by atoms with E-state index in [1.807, 2.05) is 24.3 Å². The zero-order chi connectivity index (χ0) is 13.9. The first kappa shape index (κ1) is 13.9. The van der Waals surface area contributed by atoms with Crippen molar-refractivity contribution in [2.24, 2.45) is 4.99 Å². The van der Waals surface area contributed by atoms with Crippen LogP contribution in [0.1, 0.15) is 18.5 Å². The van der Waals surface area contributed by atoms with Gasteiger partial charge in [0.25, 0.3) is 0 Å². The van der Waals surface area contributed by atoms with Gasteiger partial charge in [-0.1, -0.05) is 23.7 Å². The highest BCUT2D eigenvalue weighted by Gasteiger charge is 2.17. The van der Waals surface area contributed by atoms with Gasteiger partial charge in [-0.25, -0.2) is 4.99 Å². The van der Waals surface area contributed by atoms with Crippen LogP contribution in [0.15, 0.2) is 34.6 Å². The normalized spacial score (nSPS) is 19.7. The molecule has 1 fully saturated rings. The molecule has 1 aromatic heterocycles. The van der Waals surface area contributed by atoms with E-state index in [4.69, 9.17) is 21.3 Å². The van der Waals surface area contributed by atoms with Gasteiger partial charge >= 0.3 is 0 Å². The van der Waals surface area contributed by atoms with Gasteiger partial charge in [-0.05, 0) is 31.9 Å². The van der Waals surface area contributed by atoms with Gasteiger partial charge in [0.05, 0.1) is 23.4 Å². The van der Waals surface area contributed by atoms with E-state index in [1.165, 1.54) is 5.69 Å². The lowest BCUT2D eigenvalue weighted by Crippen LogP contribution is -2.24. The second-order valence-electron chi connectivity index (χ2n) is 4.97. The number of thiazole rings is 1. The molecule has 0 radical (unpaired) electrons. The number of para-hydroxylation sites is 1. The number of ether oxygens (including phenoxy) is 1. The molecule has 1 saturated heterocycles. The average Bonchev–Trinajstić information content (AvgIpc) is 3.06. The molecule has 0 bridgehead atoms. The van der Waals surface area contributed by atoms with E-state index in [0.29, 0.717) is 11.1 Å². The quantitative estimate of drug-likeness (QED) is 0.844. The Balaban J connectivity index is 1.95. The first-order valence-corrected chi connectivity index (χ1v) is 8.05. The Morgan fingerprint density at radius 1 is 1.45 bits per heavy atom. The van der Waals surface area contributed by atoms with E-state index in [1.54, 1.807) is 11.3 Å². The maximum atomic E-state index is 6.18. The van der Waals surface area contributed by atoms with Gasteiger partial charge in [0.15, 0.2) is 4.80 Å². The summed E-state index contributed by atoms with van der Waals surface area (Å²) < 4.78 is 7.95. The third-order valence-electron chi connectivity index (χ3n) is 3.47. The molecule has 1 atom stereocenters. The van der Waals surface area contributed by atoms with Crippen LogP contribution in [0.2, 0.25) is 5.02 Å². The highest BCUT2D eigenvalue weighted by atomic mass is 35.5. The Labute approximate surface area is 127 Å². The number of halogens is 1. The van der Waals surface area contributed by atoms with Crippen molar-refractivity contribution in [2.75, 3.05) is 6.61 Å². The molecule has 2 aromatic rings. The lowest BCUT2D eigenvalue weighted by Gasteiger charge is -2.12. The molecule has 0 N–H and O–H groups in total. The number of hydrogen-bond acceptors (Lipinski definition) is 3. The van der Waals surface area contributed by atoms with Crippen LogP contribution in [0.4, 0.5) is 5.69 Å². The van der Waals surface area contributed by atoms with Gasteiger partial charge in [0.1, 0.15) is 0 Å². The molecule has 3 nitrogen and oxygen atoms in total. The summed E-state index contributed by atoms with van der Waals surface area (Å²) >= 11 is 7.83. The molecule has 1 aliphatic rings. The lowest BCUT2D eigenvalue weighted by atomic mass is 10.2. The van der Waals surface area contributed by atoms with E-state index in [2.05, 4.69) is 16.9 Å². The Hall–Kier alpha value is -1.10. The summed E-state index contributed by atoms with van der Waals surface area (Å²) in [5.41, 5.74) is 2.04. The van der Waals surface area contributed by atoms with Gasteiger partial charge < -0.3 is 9.30 Å². The second-order valence-corrected chi connectivity index (χ2v) is 6.21. The van der Waals surface area contributed by atoms with Crippen molar-refractivity contribution >= 4 is 28.6 Å². The number of hydrogen-bond donors (Lipinski definition) is 0. The Morgan fingerprint density at radius 2 is 2.30 bits per heavy atom. The summed E-state index contributed by atoms with van der Waals surface area (Å²) in [4.78, 5) is 5.68. The van der Waals surface area contributed by atoms with E-state index in [9.17, 15) is 0 Å². The molecular formula is C15H17ClN2OS. The lowest BCUT2D eigenvalue weighted by molar-refractivity contribution is 0.0959. The zero-order valence-corrected chi connectivity index (χ0v) is 13.0. The Morgan fingerprint density at radius 3 is 3.05 bits per heavy atom. The number of aryl methyl sites for hydroxylation is 1. The van der Waals surface area contributed by atoms with Crippen LogP contribution < -0.4 is 4.80 Å². The van der Waals surface area contributed by atoms with Crippen molar-refractivity contribution in [3.63, 3.8) is 0 Å². The van der Waals surface area contributed by atoms with Gasteiger partial charge in [-0.3, -0.25) is 0 Å². The summed E-state index contributed by atoms with van der Waals surface area (Å²) in [6.07, 6.45) is 2.60. The minimum absolute atomic E-state index is 0.313. The number of aromatic nitrogens is 1. The van der Waals surface area contributed by atoms with E-state index in [0.717, 1.165) is 36.5 Å². The average molecular weight is 309 g/mol. The minimum atomic E-state index is 0.313. The molecule has 20 heavy (non-hydrogen) atoms. The smallest absolute Gasteiger partial charge is 0.190 e. The maximum Gasteiger partial charge on any atom is 0.190 e. The van der Waals surface area contributed by atoms with Crippen molar-refractivity contribution < 1.29 is 4.74 Å². The predicted octanol–water partition coefficient (Wildman–Crippen LogP) is 3.92. The van der Waals surface area contributed by atoms with Gasteiger partial charge in [0.2, 0.25) is 0 Å². The standard InChI is InChI=1S/C15H17ClN2OS/c1-11-10-20-15(17-14-7-3-2-6-13(14)16)18(11)9-12-5-4-8-19-12/h2-3,6-7,10,12H,4-5,8-9H2,1H3. The molecule has 0 spiro atoms. The van der Waals surface area contributed by atoms with E-state index < -0.39 is 0 Å². The summed E-state index contributed by atoms with van der Waals surface area (Å²) in [6.45, 7) is 3.86. The molecule has 106 valence electrons. The van der Waals surface area contributed by atoms with Gasteiger partial charge in [-0.2, -0.15) is 0 Å². The zero-order valence-electron chi connectivity index (χ0n) is 11.4. The first-order valence-electron chi connectivity index (χ1n) is 6.80. The fourth-order valence-corrected chi connectivity index (χ4v) is 3.44. The maximum absolute atomic E-state index is 6.18. The fraction of sp³-hybridized carbons (Fsp3) is 0.400. The topological polar surface area (TPSA) is 26.5 Å². The fourth-order valence-electron chi connectivity index (χ4n) is 2.36. The largest absolute Gasteiger partial charge is 0.376 e. The Bertz CT molecular complexity index is 656. The molecule has 5 heteroatoms. The van der Waals surface area contributed by atoms with Crippen LogP contribution in [0.5, 0.6) is 0 Å². The monoisotopic (exact) mass is 308 g/mol. The number of benzene rings is 1. The molecule has 2 heterocycles. The first-order chi connectivity index (χ1) is 9.74. The molecule has 1 aromatic carbocycles. The van der Waals surface area contributed by atoms with Gasteiger partial charge in [0, 0.05) is 17.7 Å². The third kappa shape index (κ3) is 2.97. The number of rotatable bonds is 3. The van der Waals surface area contributed by atoms with Crippen molar-refractivity contribution in [3.8, 4) is 0 Å². The van der Waals surface area contributed by atoms with Crippen LogP contribution in [-0.4, -0.2) is 17.3 Å². The van der Waals surface area contributed by atoms with Gasteiger partial charge in [-0.15, -0.1) is 11.3 Å². The molecule has 0 saturated carbocycles. The van der Waals surface area contributed by atoms with Crippen molar-refractivity contribution in [1.82, 2.24) is 4.57 Å². The van der Waals surface area contributed by atoms with Crippen molar-refractivity contribution in [3.05, 3.63) is 45.2 Å². The molecule has 1 unspecified atom stereocenters. The minimum Gasteiger partial charge on any atom is -0.376 e. The van der Waals surface area contributed by atoms with Crippen molar-refractivity contribution in [1.29, 1.82) is 0 Å². The summed E-state index contributed by atoms with van der Waals surface area (Å²) in [5.74, 6) is 0. The van der Waals surface area contributed by atoms with Crippen LogP contribution in [0.3, 0.4) is 0 Å². The molecule has 1 aliphatic heterocycles. The summed E-state index contributed by atoms with van der Waals surface area (Å²) in [7, 11) is 0. The summed E-state index contributed by atoms with van der Waals surface area (Å²) in [6, 6.07) is 7.68. The highest BCUT2D eigenvalue weighted by Crippen LogP contribution is 2.23. The highest BCUT2D eigenvalue weighted by molar-refractivity contribution is 7.07. The Kier molecular flexibility index (Phi) is 4.24. The second kappa shape index (κ2) is 6.12. The van der Waals surface area contributed by atoms with E-state index >= 15 is 0 Å². The van der Waals surface area contributed by atoms with E-state index in [-0.39, 0.29) is 0 Å². The predicted molar refractivity (Wildman–Crippen MR) is 82.7 cm³/mol. The van der Waals surface area contributed by atoms with Crippen LogP contribution in [0, 0.1) is 6.92 Å². The third-order valence-corrected chi connectivity index (χ3v) is 4.77. The molecule has 0 aliphatic carbocycles. The summed E-state index contributed by atoms with van der Waals surface area (Å²) in [5, 5.41) is 2.81. The van der Waals surface area contributed by atoms with Crippen LogP contribution >= 0.6 is 22.9 Å². The SMILES string of the molecule is Cc1csc(=Nc2ccccc2Cl)n1CC1CCCO1. The number of nitrogens with zero attached hydrogens (tertiary/aromatic N) is 2. The van der Waals surface area contributed by atoms with Crippen LogP contribution in [0.25, 0.3) is 0 Å². The molecule has 0 amide bonds. The van der Waals surface area contributed by atoms with Crippen molar-refractivity contribution in [2.45, 2.75) is 32.4 Å². The molecule has 3 rings (SSSR count).